The van der Waals surface area contributed by atoms with Crippen molar-refractivity contribution in [2.45, 2.75) is 19.9 Å². The number of benzene rings is 1. The molecule has 130 valence electrons. The van der Waals surface area contributed by atoms with Crippen molar-refractivity contribution in [1.29, 1.82) is 0 Å². The molecule has 1 saturated heterocycles. The van der Waals surface area contributed by atoms with E-state index >= 15 is 0 Å². The average Bonchev–Trinajstić information content (AvgIpc) is 2.50. The molecule has 0 amide bonds. The van der Waals surface area contributed by atoms with Crippen LogP contribution in [-0.2, 0) is 0 Å². The molecule has 0 aromatic heterocycles. The smallest absolute Gasteiger partial charge is 0.305 e. The molecule has 0 aliphatic carbocycles. The van der Waals surface area contributed by atoms with Crippen LogP contribution in [0.3, 0.4) is 0 Å². The Morgan fingerprint density at radius 2 is 2.04 bits per heavy atom. The first-order valence-corrected chi connectivity index (χ1v) is 7.36. The van der Waals surface area contributed by atoms with Gasteiger partial charge in [-0.15, -0.1) is 12.4 Å². The molecule has 0 radical (unpaired) electrons. The zero-order valence-electron chi connectivity index (χ0n) is 13.3. The molecule has 1 aliphatic heterocycles. The number of aliphatic hydroxyl groups excluding tert-OH is 1. The van der Waals surface area contributed by atoms with Crippen LogP contribution in [0.25, 0.3) is 0 Å². The van der Waals surface area contributed by atoms with E-state index in [0.29, 0.717) is 5.56 Å². The van der Waals surface area contributed by atoms with Gasteiger partial charge in [-0.2, -0.15) is 4.39 Å². The third-order valence-corrected chi connectivity index (χ3v) is 4.15. The Bertz CT molecular complexity index is 551. The van der Waals surface area contributed by atoms with Gasteiger partial charge in [0.2, 0.25) is 5.82 Å². The van der Waals surface area contributed by atoms with Crippen molar-refractivity contribution < 1.29 is 14.4 Å². The number of hydrogen-bond donors (Lipinski definition) is 2. The highest BCUT2D eigenvalue weighted by atomic mass is 35.5. The topological polar surface area (TPSA) is 78.6 Å². The van der Waals surface area contributed by atoms with Gasteiger partial charge in [0.05, 0.1) is 4.92 Å². The zero-order valence-corrected chi connectivity index (χ0v) is 14.1. The van der Waals surface area contributed by atoms with E-state index in [2.05, 4.69) is 10.2 Å². The summed E-state index contributed by atoms with van der Waals surface area (Å²) in [5, 5.41) is 24.0. The summed E-state index contributed by atoms with van der Waals surface area (Å²) in [6, 6.07) is 3.79. The quantitative estimate of drug-likeness (QED) is 0.630. The fourth-order valence-electron chi connectivity index (χ4n) is 3.02. The predicted octanol–water partition coefficient (Wildman–Crippen LogP) is 2.12. The number of piperazine rings is 1. The van der Waals surface area contributed by atoms with Crippen LogP contribution >= 0.6 is 12.4 Å². The maximum Gasteiger partial charge on any atom is 0.305 e. The highest BCUT2D eigenvalue weighted by Crippen LogP contribution is 2.39. The summed E-state index contributed by atoms with van der Waals surface area (Å²) in [6.07, 6.45) is 0. The number of hydrogen-bond acceptors (Lipinski definition) is 5. The summed E-state index contributed by atoms with van der Waals surface area (Å²) < 4.78 is 13.6. The normalized spacial score (nSPS) is 17.4. The zero-order chi connectivity index (χ0) is 16.3. The van der Waals surface area contributed by atoms with Gasteiger partial charge >= 0.3 is 5.69 Å². The van der Waals surface area contributed by atoms with E-state index in [4.69, 9.17) is 0 Å². The van der Waals surface area contributed by atoms with Gasteiger partial charge in [-0.25, -0.2) is 0 Å². The van der Waals surface area contributed by atoms with E-state index in [1.807, 2.05) is 13.8 Å². The van der Waals surface area contributed by atoms with E-state index in [0.717, 1.165) is 32.2 Å². The third kappa shape index (κ3) is 4.38. The predicted molar refractivity (Wildman–Crippen MR) is 88.4 cm³/mol. The molecular formula is C15H23ClFN3O3. The summed E-state index contributed by atoms with van der Waals surface area (Å²) in [5.74, 6) is -0.838. The van der Waals surface area contributed by atoms with Crippen LogP contribution in [0.2, 0.25) is 0 Å². The van der Waals surface area contributed by atoms with Crippen LogP contribution in [0.15, 0.2) is 18.2 Å². The van der Waals surface area contributed by atoms with Gasteiger partial charge in [0.25, 0.3) is 0 Å². The monoisotopic (exact) mass is 347 g/mol. The Kier molecular flexibility index (Phi) is 6.88. The number of nitro groups is 1. The van der Waals surface area contributed by atoms with E-state index in [1.165, 1.54) is 6.07 Å². The number of halogens is 2. The summed E-state index contributed by atoms with van der Waals surface area (Å²) in [7, 11) is 0. The molecule has 1 aromatic rings. The maximum absolute atomic E-state index is 13.6. The van der Waals surface area contributed by atoms with Gasteiger partial charge in [-0.1, -0.05) is 19.9 Å². The van der Waals surface area contributed by atoms with E-state index < -0.39 is 21.8 Å². The number of rotatable bonds is 5. The fraction of sp³-hybridized carbons (Fsp3) is 0.600. The Balaban J connectivity index is 0.00000264. The molecule has 1 atom stereocenters. The number of nitrogens with one attached hydrogen (secondary N) is 1. The second kappa shape index (κ2) is 8.01. The summed E-state index contributed by atoms with van der Waals surface area (Å²) >= 11 is 0. The number of nitro benzene ring substituents is 1. The van der Waals surface area contributed by atoms with Gasteiger partial charge in [0, 0.05) is 50.3 Å². The standard InChI is InChI=1S/C15H22FN3O3.ClH/c1-15(2,10-20)14(18-7-5-17-6-8-18)11-3-4-12(16)13(9-11)19(21)22;/h3-4,9,14,17,20H,5-8,10H2,1-2H3;1H/t14-;/m0./s1. The van der Waals surface area contributed by atoms with Crippen LogP contribution in [0, 0.1) is 21.3 Å². The summed E-state index contributed by atoms with van der Waals surface area (Å²) in [4.78, 5) is 12.5. The molecule has 1 heterocycles. The minimum atomic E-state index is -0.838. The van der Waals surface area contributed by atoms with E-state index in [1.54, 1.807) is 6.07 Å². The Hall–Kier alpha value is -1.28. The third-order valence-electron chi connectivity index (χ3n) is 4.15. The minimum absolute atomic E-state index is 0. The van der Waals surface area contributed by atoms with Gasteiger partial charge < -0.3 is 10.4 Å². The maximum atomic E-state index is 13.6. The molecule has 1 fully saturated rings. The van der Waals surface area contributed by atoms with Gasteiger partial charge in [0.1, 0.15) is 0 Å². The van der Waals surface area contributed by atoms with Gasteiger partial charge in [0.15, 0.2) is 0 Å². The molecule has 1 aromatic carbocycles. The number of nitrogens with zero attached hydrogens (tertiary/aromatic N) is 2. The highest BCUT2D eigenvalue weighted by molar-refractivity contribution is 5.85. The highest BCUT2D eigenvalue weighted by Gasteiger charge is 2.36. The van der Waals surface area contributed by atoms with Crippen molar-refractivity contribution in [2.24, 2.45) is 5.41 Å². The first kappa shape index (κ1) is 19.8. The second-order valence-corrected chi connectivity index (χ2v) is 6.30. The summed E-state index contributed by atoms with van der Waals surface area (Å²) in [5.41, 5.74) is -0.358. The van der Waals surface area contributed by atoms with Crippen molar-refractivity contribution in [1.82, 2.24) is 10.2 Å². The van der Waals surface area contributed by atoms with Crippen LogP contribution < -0.4 is 5.32 Å². The van der Waals surface area contributed by atoms with Crippen molar-refractivity contribution in [2.75, 3.05) is 32.8 Å². The SMILES string of the molecule is CC(C)(CO)[C@H](c1ccc(F)c([N+](=O)[O-])c1)N1CCNCC1.Cl. The molecular weight excluding hydrogens is 325 g/mol. The van der Waals surface area contributed by atoms with Crippen LogP contribution in [0.5, 0.6) is 0 Å². The van der Waals surface area contributed by atoms with Crippen molar-refractivity contribution in [3.8, 4) is 0 Å². The van der Waals surface area contributed by atoms with Crippen LogP contribution in [-0.4, -0.2) is 47.7 Å². The Labute approximate surface area is 141 Å². The molecule has 0 bridgehead atoms. The Morgan fingerprint density at radius 1 is 1.43 bits per heavy atom. The molecule has 23 heavy (non-hydrogen) atoms. The summed E-state index contributed by atoms with van der Waals surface area (Å²) in [6.45, 7) is 6.96. The van der Waals surface area contributed by atoms with Crippen molar-refractivity contribution in [3.05, 3.63) is 39.7 Å². The first-order valence-electron chi connectivity index (χ1n) is 7.36. The lowest BCUT2D eigenvalue weighted by atomic mass is 9.79. The van der Waals surface area contributed by atoms with Crippen LogP contribution in [0.4, 0.5) is 10.1 Å². The van der Waals surface area contributed by atoms with E-state index in [-0.39, 0.29) is 25.1 Å². The molecule has 0 spiro atoms. The lowest BCUT2D eigenvalue weighted by Gasteiger charge is -2.43. The molecule has 0 unspecified atom stereocenters. The fourth-order valence-corrected chi connectivity index (χ4v) is 3.02. The second-order valence-electron chi connectivity index (χ2n) is 6.30. The molecule has 2 N–H and O–H groups in total. The minimum Gasteiger partial charge on any atom is -0.396 e. The first-order chi connectivity index (χ1) is 10.4. The van der Waals surface area contributed by atoms with Crippen molar-refractivity contribution >= 4 is 18.1 Å². The molecule has 1 aliphatic rings. The van der Waals surface area contributed by atoms with Gasteiger partial charge in [-0.3, -0.25) is 15.0 Å². The van der Waals surface area contributed by atoms with Crippen LogP contribution in [0.1, 0.15) is 25.5 Å². The lowest BCUT2D eigenvalue weighted by Crippen LogP contribution is -2.49. The van der Waals surface area contributed by atoms with Crippen molar-refractivity contribution in [3.63, 3.8) is 0 Å². The molecule has 2 rings (SSSR count). The van der Waals surface area contributed by atoms with E-state index in [9.17, 15) is 19.6 Å². The largest absolute Gasteiger partial charge is 0.396 e. The average molecular weight is 348 g/mol. The molecule has 8 heteroatoms. The lowest BCUT2D eigenvalue weighted by molar-refractivity contribution is -0.387. The van der Waals surface area contributed by atoms with Gasteiger partial charge in [-0.05, 0) is 11.6 Å². The number of aliphatic hydroxyl groups is 1. The Morgan fingerprint density at radius 3 is 2.57 bits per heavy atom. The molecule has 0 saturated carbocycles. The molecule has 6 nitrogen and oxygen atoms in total.